The Morgan fingerprint density at radius 3 is 2.61 bits per heavy atom. The minimum Gasteiger partial charge on any atom is -0.497 e. The van der Waals surface area contributed by atoms with Crippen LogP contribution < -0.4 is 4.74 Å². The first-order valence-electron chi connectivity index (χ1n) is 5.99. The van der Waals surface area contributed by atoms with E-state index in [0.717, 1.165) is 24.2 Å². The van der Waals surface area contributed by atoms with Crippen LogP contribution in [-0.2, 0) is 6.42 Å². The molecular weight excluding hydrogens is 244 g/mol. The molecule has 0 spiro atoms. The highest BCUT2D eigenvalue weighted by Gasteiger charge is 2.06. The predicted molar refractivity (Wildman–Crippen MR) is 74.6 cm³/mol. The molecule has 0 fully saturated rings. The van der Waals surface area contributed by atoms with E-state index in [1.54, 1.807) is 18.4 Å². The zero-order chi connectivity index (χ0) is 12.8. The van der Waals surface area contributed by atoms with Crippen LogP contribution in [-0.4, -0.2) is 12.9 Å². The van der Waals surface area contributed by atoms with Crippen molar-refractivity contribution in [3.63, 3.8) is 0 Å². The molecule has 18 heavy (non-hydrogen) atoms. The lowest BCUT2D eigenvalue weighted by atomic mass is 10.1. The van der Waals surface area contributed by atoms with Gasteiger partial charge in [-0.3, -0.25) is 4.79 Å². The monoisotopic (exact) mass is 260 g/mol. The number of hydrogen-bond donors (Lipinski definition) is 0. The second-order valence-corrected chi connectivity index (χ2v) is 5.12. The number of hydrogen-bond acceptors (Lipinski definition) is 3. The topological polar surface area (TPSA) is 26.3 Å². The van der Waals surface area contributed by atoms with Gasteiger partial charge in [0, 0.05) is 16.9 Å². The van der Waals surface area contributed by atoms with Crippen LogP contribution in [0.2, 0.25) is 0 Å². The number of ether oxygens (including phenoxy) is 1. The Morgan fingerprint density at radius 1 is 1.22 bits per heavy atom. The van der Waals surface area contributed by atoms with Gasteiger partial charge in [0.15, 0.2) is 5.78 Å². The molecule has 2 aromatic rings. The number of methoxy groups -OCH3 is 1. The molecule has 2 nitrogen and oxygen atoms in total. The molecule has 0 radical (unpaired) electrons. The van der Waals surface area contributed by atoms with Crippen molar-refractivity contribution < 1.29 is 9.53 Å². The van der Waals surface area contributed by atoms with Gasteiger partial charge in [0.25, 0.3) is 0 Å². The molecule has 0 saturated carbocycles. The fraction of sp³-hybridized carbons (Fsp3) is 0.267. The molecule has 1 aromatic carbocycles. The quantitative estimate of drug-likeness (QED) is 0.735. The summed E-state index contributed by atoms with van der Waals surface area (Å²) in [7, 11) is 1.62. The van der Waals surface area contributed by atoms with Gasteiger partial charge < -0.3 is 4.74 Å². The van der Waals surface area contributed by atoms with E-state index >= 15 is 0 Å². The third kappa shape index (κ3) is 3.44. The lowest BCUT2D eigenvalue weighted by molar-refractivity contribution is 0.0980. The summed E-state index contributed by atoms with van der Waals surface area (Å²) >= 11 is 1.75. The third-order valence-corrected chi connectivity index (χ3v) is 3.76. The van der Waals surface area contributed by atoms with Crippen LogP contribution in [0, 0.1) is 0 Å². The Hall–Kier alpha value is -1.61. The first-order chi connectivity index (χ1) is 8.79. The van der Waals surface area contributed by atoms with Crippen molar-refractivity contribution in [1.29, 1.82) is 0 Å². The van der Waals surface area contributed by atoms with Gasteiger partial charge in [-0.1, -0.05) is 6.07 Å². The number of aryl methyl sites for hydroxylation is 1. The van der Waals surface area contributed by atoms with E-state index < -0.39 is 0 Å². The lowest BCUT2D eigenvalue weighted by Gasteiger charge is -2.02. The normalized spacial score (nSPS) is 10.3. The Balaban J connectivity index is 1.83. The average molecular weight is 260 g/mol. The molecule has 2 rings (SSSR count). The van der Waals surface area contributed by atoms with Gasteiger partial charge >= 0.3 is 0 Å². The molecule has 0 bridgehead atoms. The van der Waals surface area contributed by atoms with Crippen LogP contribution in [0.4, 0.5) is 0 Å². The summed E-state index contributed by atoms with van der Waals surface area (Å²) in [6.07, 6.45) is 2.50. The second kappa shape index (κ2) is 6.36. The molecule has 0 N–H and O–H groups in total. The van der Waals surface area contributed by atoms with Gasteiger partial charge in [-0.25, -0.2) is 0 Å². The van der Waals surface area contributed by atoms with E-state index in [9.17, 15) is 4.79 Å². The van der Waals surface area contributed by atoms with Crippen molar-refractivity contribution in [2.75, 3.05) is 7.11 Å². The highest BCUT2D eigenvalue weighted by molar-refractivity contribution is 7.09. The van der Waals surface area contributed by atoms with Crippen molar-refractivity contribution in [3.8, 4) is 5.75 Å². The van der Waals surface area contributed by atoms with Crippen molar-refractivity contribution in [2.24, 2.45) is 0 Å². The number of thiophene rings is 1. The molecule has 1 aromatic heterocycles. The first-order valence-corrected chi connectivity index (χ1v) is 6.87. The molecule has 0 aliphatic rings. The van der Waals surface area contributed by atoms with Crippen LogP contribution in [0.5, 0.6) is 5.75 Å². The number of rotatable bonds is 6. The van der Waals surface area contributed by atoms with Crippen molar-refractivity contribution in [2.45, 2.75) is 19.3 Å². The number of carbonyl (C=O) groups is 1. The summed E-state index contributed by atoms with van der Waals surface area (Å²) in [5, 5.41) is 2.07. The standard InChI is InChI=1S/C15H16O2S/c1-17-13-9-7-12(8-10-13)15(16)6-2-4-14-5-3-11-18-14/h3,5,7-11H,2,4,6H2,1H3. The predicted octanol–water partition coefficient (Wildman–Crippen LogP) is 3.96. The molecule has 94 valence electrons. The molecule has 0 aliphatic carbocycles. The van der Waals surface area contributed by atoms with Gasteiger partial charge in [0.1, 0.15) is 5.75 Å². The SMILES string of the molecule is COc1ccc(C(=O)CCCc2cccs2)cc1. The molecule has 0 atom stereocenters. The van der Waals surface area contributed by atoms with E-state index in [2.05, 4.69) is 11.4 Å². The van der Waals surface area contributed by atoms with Crippen LogP contribution in [0.3, 0.4) is 0 Å². The molecular formula is C15H16O2S. The van der Waals surface area contributed by atoms with E-state index in [1.165, 1.54) is 4.88 Å². The summed E-state index contributed by atoms with van der Waals surface area (Å²) in [5.41, 5.74) is 0.766. The van der Waals surface area contributed by atoms with Crippen molar-refractivity contribution in [1.82, 2.24) is 0 Å². The largest absolute Gasteiger partial charge is 0.497 e. The van der Waals surface area contributed by atoms with Gasteiger partial charge in [-0.2, -0.15) is 0 Å². The summed E-state index contributed by atoms with van der Waals surface area (Å²) in [5.74, 6) is 0.986. The summed E-state index contributed by atoms with van der Waals surface area (Å²) < 4.78 is 5.07. The highest BCUT2D eigenvalue weighted by atomic mass is 32.1. The van der Waals surface area contributed by atoms with Gasteiger partial charge in [-0.05, 0) is 48.6 Å². The fourth-order valence-electron chi connectivity index (χ4n) is 1.80. The van der Waals surface area contributed by atoms with Crippen LogP contribution in [0.15, 0.2) is 41.8 Å². The van der Waals surface area contributed by atoms with Crippen molar-refractivity contribution >= 4 is 17.1 Å². The van der Waals surface area contributed by atoms with Gasteiger partial charge in [-0.15, -0.1) is 11.3 Å². The number of Topliss-reactive ketones (excluding diaryl/α,β-unsaturated/α-hetero) is 1. The maximum Gasteiger partial charge on any atom is 0.162 e. The maximum atomic E-state index is 11.9. The number of carbonyl (C=O) groups excluding carboxylic acids is 1. The molecule has 0 unspecified atom stereocenters. The minimum absolute atomic E-state index is 0.203. The third-order valence-electron chi connectivity index (χ3n) is 2.82. The molecule has 3 heteroatoms. The second-order valence-electron chi connectivity index (χ2n) is 4.08. The van der Waals surface area contributed by atoms with E-state index in [0.29, 0.717) is 6.42 Å². The van der Waals surface area contributed by atoms with Gasteiger partial charge in [0.05, 0.1) is 7.11 Å². The van der Waals surface area contributed by atoms with E-state index in [1.807, 2.05) is 30.3 Å². The Labute approximate surface area is 111 Å². The first kappa shape index (κ1) is 12.8. The summed E-state index contributed by atoms with van der Waals surface area (Å²) in [6.45, 7) is 0. The molecule has 0 amide bonds. The van der Waals surface area contributed by atoms with Crippen molar-refractivity contribution in [3.05, 3.63) is 52.2 Å². The van der Waals surface area contributed by atoms with Gasteiger partial charge in [0.2, 0.25) is 0 Å². The van der Waals surface area contributed by atoms with Crippen LogP contribution >= 0.6 is 11.3 Å². The summed E-state index contributed by atoms with van der Waals surface area (Å²) in [4.78, 5) is 13.3. The van der Waals surface area contributed by atoms with E-state index in [-0.39, 0.29) is 5.78 Å². The number of ketones is 1. The number of benzene rings is 1. The Morgan fingerprint density at radius 2 is 2.00 bits per heavy atom. The molecule has 0 saturated heterocycles. The average Bonchev–Trinajstić information content (AvgIpc) is 2.92. The lowest BCUT2D eigenvalue weighted by Crippen LogP contribution is -1.99. The summed E-state index contributed by atoms with van der Waals surface area (Å²) in [6, 6.07) is 11.5. The Bertz CT molecular complexity index is 486. The molecule has 0 aliphatic heterocycles. The smallest absolute Gasteiger partial charge is 0.162 e. The zero-order valence-electron chi connectivity index (χ0n) is 10.4. The van der Waals surface area contributed by atoms with Crippen LogP contribution in [0.1, 0.15) is 28.1 Å². The Kier molecular flexibility index (Phi) is 4.53. The van der Waals surface area contributed by atoms with E-state index in [4.69, 9.17) is 4.74 Å². The zero-order valence-corrected chi connectivity index (χ0v) is 11.2. The molecule has 1 heterocycles. The maximum absolute atomic E-state index is 11.9. The fourth-order valence-corrected chi connectivity index (χ4v) is 2.55. The highest BCUT2D eigenvalue weighted by Crippen LogP contribution is 2.16. The minimum atomic E-state index is 0.203. The van der Waals surface area contributed by atoms with Crippen LogP contribution in [0.25, 0.3) is 0 Å².